The molecule has 6 heavy (non-hydrogen) atoms. The van der Waals surface area contributed by atoms with E-state index in [0.29, 0.717) is 0 Å². The van der Waals surface area contributed by atoms with Crippen molar-refractivity contribution in [2.75, 3.05) is 13.0 Å². The van der Waals surface area contributed by atoms with Crippen LogP contribution >= 0.6 is 0 Å². The lowest BCUT2D eigenvalue weighted by molar-refractivity contribution is 0.520. The number of nitrogens with one attached hydrogen (secondary N) is 1. The first-order valence-corrected chi connectivity index (χ1v) is 1.45. The summed E-state index contributed by atoms with van der Waals surface area (Å²) in [6.45, 7) is -6.60. The number of rotatable bonds is 0. The molecule has 0 aromatic heterocycles. The molecule has 1 saturated heterocycles. The van der Waals surface area contributed by atoms with Crippen LogP contribution in [0.5, 0.6) is 0 Å². The van der Waals surface area contributed by atoms with E-state index in [4.69, 9.17) is 15.1 Å². The van der Waals surface area contributed by atoms with Crippen molar-refractivity contribution in [2.45, 2.75) is 19.1 Å². The highest BCUT2D eigenvalue weighted by Crippen LogP contribution is 1.96. The predicted molar refractivity (Wildman–Crippen MR) is 26.7 cm³/mol. The van der Waals surface area contributed by atoms with Gasteiger partial charge in [0, 0.05) is 13.7 Å². The highest BCUT2D eigenvalue weighted by molar-refractivity contribution is 4.55. The van der Waals surface area contributed by atoms with E-state index >= 15 is 0 Å². The summed E-state index contributed by atoms with van der Waals surface area (Å²) in [5, 5.41) is -0.485. The minimum Gasteiger partial charge on any atom is -0.317 e. The molecule has 1 rings (SSSR count). The SMILES string of the molecule is [2H]N1C([2H])([2H])C([2H])([2H])C([2H])([2H])C([2H])([2H])C1([2H])[2H]. The van der Waals surface area contributed by atoms with Crippen LogP contribution in [0.3, 0.4) is 0 Å². The Balaban J connectivity index is 3.56. The Kier molecular flexibility index (Phi) is 0.186. The molecule has 0 aromatic carbocycles. The molecule has 1 aliphatic rings. The zero-order chi connectivity index (χ0) is 14.1. The van der Waals surface area contributed by atoms with Crippen LogP contribution in [-0.2, 0) is 0 Å². The molecule has 0 aromatic rings. The standard InChI is InChI=1S/C5H11N/c1-2-4-6-5-3-1/h6H,1-5H2/i1D2,2D2,3D2,4D2,5D2/hD. The molecule has 1 fully saturated rings. The molecule has 1 heterocycles. The Bertz CT molecular complexity index is 303. The quantitative estimate of drug-likeness (QED) is 0.469. The van der Waals surface area contributed by atoms with Crippen molar-refractivity contribution in [3.8, 4) is 0 Å². The van der Waals surface area contributed by atoms with Gasteiger partial charge in [0.2, 0.25) is 0 Å². The molecule has 1 nitrogen and oxygen atoms in total. The predicted octanol–water partition coefficient (Wildman–Crippen LogP) is 0.760. The molecule has 0 amide bonds. The Morgan fingerprint density at radius 1 is 1.33 bits per heavy atom. The molecule has 1 aliphatic heterocycles. The molecule has 36 valence electrons. The molecular formula is C5H11N. The second kappa shape index (κ2) is 2.19. The first kappa shape index (κ1) is 0.510. The summed E-state index contributed by atoms with van der Waals surface area (Å²) in [5.41, 5.74) is 0. The van der Waals surface area contributed by atoms with Crippen molar-refractivity contribution in [1.29, 1.82) is 0 Å². The molecule has 0 spiro atoms. The van der Waals surface area contributed by atoms with E-state index in [1.54, 1.807) is 0 Å². The van der Waals surface area contributed by atoms with E-state index in [0.717, 1.165) is 0 Å². The minimum atomic E-state index is -3.43. The highest BCUT2D eigenvalue weighted by Gasteiger charge is 1.93. The number of piperidine rings is 1. The zero-order valence-electron chi connectivity index (χ0n) is 13.9. The van der Waals surface area contributed by atoms with Crippen molar-refractivity contribution in [1.82, 2.24) is 5.31 Å². The van der Waals surface area contributed by atoms with Gasteiger partial charge in [0.15, 0.2) is 0 Å². The highest BCUT2D eigenvalue weighted by atomic mass is 14.9. The molecule has 0 bridgehead atoms. The number of hydrogen-bond acceptors (Lipinski definition) is 1. The van der Waals surface area contributed by atoms with Gasteiger partial charge in [0.25, 0.3) is 0 Å². The lowest BCUT2D eigenvalue weighted by Crippen LogP contribution is -2.21. The smallest absolute Gasteiger partial charge is 0.122 e. The van der Waals surface area contributed by atoms with Crippen LogP contribution in [0.1, 0.15) is 32.8 Å². The topological polar surface area (TPSA) is 12.0 Å². The number of hydrogen-bond donors (Lipinski definition) is 1. The summed E-state index contributed by atoms with van der Waals surface area (Å²) < 4.78 is 80.5. The second-order valence-corrected chi connectivity index (χ2v) is 0.710. The zero-order valence-corrected chi connectivity index (χ0v) is 2.95. The van der Waals surface area contributed by atoms with Crippen LogP contribution in [0.15, 0.2) is 0 Å². The monoisotopic (exact) mass is 96.2 g/mol. The summed E-state index contributed by atoms with van der Waals surface area (Å²) in [7, 11) is 0. The fourth-order valence-electron chi connectivity index (χ4n) is 0.171. The molecule has 0 atom stereocenters. The Labute approximate surface area is 54.3 Å². The Hall–Kier alpha value is -0.0400. The lowest BCUT2D eigenvalue weighted by Gasteiger charge is -2.08. The maximum absolute atomic E-state index is 7.36. The molecule has 0 radical (unpaired) electrons. The normalized spacial score (nSPS) is 96.3. The van der Waals surface area contributed by atoms with Crippen LogP contribution in [0.4, 0.5) is 0 Å². The Morgan fingerprint density at radius 3 is 2.67 bits per heavy atom. The molecule has 0 saturated carbocycles. The van der Waals surface area contributed by atoms with Gasteiger partial charge < -0.3 is 5.31 Å². The third-order valence-electron chi connectivity index (χ3n) is 0.349. The second-order valence-electron chi connectivity index (χ2n) is 0.710. The van der Waals surface area contributed by atoms with Gasteiger partial charge in [-0.1, -0.05) is 6.37 Å². The van der Waals surface area contributed by atoms with Crippen molar-refractivity contribution >= 4 is 0 Å². The van der Waals surface area contributed by atoms with Gasteiger partial charge in [-0.25, -0.2) is 0 Å². The summed E-state index contributed by atoms with van der Waals surface area (Å²) >= 11 is 0. The van der Waals surface area contributed by atoms with Gasteiger partial charge >= 0.3 is 0 Å². The molecular weight excluding hydrogens is 74.1 g/mol. The fourth-order valence-corrected chi connectivity index (χ4v) is 0.171. The molecule has 0 aliphatic carbocycles. The first-order valence-electron chi connectivity index (χ1n) is 6.89. The third kappa shape index (κ3) is 0.977. The van der Waals surface area contributed by atoms with Crippen LogP contribution in [0, 0.1) is 0 Å². The van der Waals surface area contributed by atoms with Crippen molar-refractivity contribution in [2.24, 2.45) is 0 Å². The summed E-state index contributed by atoms with van der Waals surface area (Å²) in [4.78, 5) is 0. The average Bonchev–Trinajstić information content (AvgIpc) is 2.13. The van der Waals surface area contributed by atoms with Gasteiger partial charge in [-0.15, -0.1) is 0 Å². The van der Waals surface area contributed by atoms with E-state index in [9.17, 15) is 0 Å². The van der Waals surface area contributed by atoms with Crippen LogP contribution in [0.2, 0.25) is 1.41 Å². The maximum Gasteiger partial charge on any atom is 0.122 e. The van der Waals surface area contributed by atoms with Crippen molar-refractivity contribution < 1.29 is 15.1 Å². The average molecular weight is 96.2 g/mol. The van der Waals surface area contributed by atoms with Gasteiger partial charge in [-0.2, -0.15) is 0 Å². The van der Waals surface area contributed by atoms with E-state index in [2.05, 4.69) is 0 Å². The lowest BCUT2D eigenvalue weighted by atomic mass is 10.2. The molecule has 1 N–H and O–H groups in total. The molecule has 1 heteroatoms. The van der Waals surface area contributed by atoms with Crippen LogP contribution in [-0.4, -0.2) is 13.0 Å². The summed E-state index contributed by atoms with van der Waals surface area (Å²) in [6, 6.07) is 0. The summed E-state index contributed by atoms with van der Waals surface area (Å²) in [6.07, 6.45) is -10.2. The summed E-state index contributed by atoms with van der Waals surface area (Å²) in [5.74, 6) is 0. The van der Waals surface area contributed by atoms with E-state index in [-0.39, 0.29) is 0 Å². The van der Waals surface area contributed by atoms with Gasteiger partial charge in [0.1, 0.15) is 1.41 Å². The van der Waals surface area contributed by atoms with Gasteiger partial charge in [-0.05, 0) is 25.7 Å². The first-order chi connectivity index (χ1) is 7.15. The van der Waals surface area contributed by atoms with E-state index < -0.39 is 37.4 Å². The molecule has 0 unspecified atom stereocenters. The van der Waals surface area contributed by atoms with Crippen molar-refractivity contribution in [3.05, 3.63) is 0 Å². The van der Waals surface area contributed by atoms with Crippen LogP contribution < -0.4 is 5.31 Å². The minimum absolute atomic E-state index is 0.485. The third-order valence-corrected chi connectivity index (χ3v) is 0.349. The fraction of sp³-hybridized carbons (Fsp3) is 1.00. The van der Waals surface area contributed by atoms with Crippen molar-refractivity contribution in [3.63, 3.8) is 0 Å². The van der Waals surface area contributed by atoms with E-state index in [1.165, 1.54) is 0 Å². The Morgan fingerprint density at radius 2 is 2.00 bits per heavy atom. The van der Waals surface area contributed by atoms with Gasteiger partial charge in [0.05, 0.1) is 0 Å². The largest absolute Gasteiger partial charge is 0.317 e. The maximum atomic E-state index is 7.36. The van der Waals surface area contributed by atoms with Crippen LogP contribution in [0.25, 0.3) is 0 Å². The van der Waals surface area contributed by atoms with E-state index in [1.807, 2.05) is 0 Å². The van der Waals surface area contributed by atoms with Gasteiger partial charge in [-0.3, -0.25) is 0 Å².